The quantitative estimate of drug-likeness (QED) is 0.833. The van der Waals surface area contributed by atoms with Gasteiger partial charge in [-0.05, 0) is 41.9 Å². The number of fused-ring (bicyclic) bond motifs is 1. The summed E-state index contributed by atoms with van der Waals surface area (Å²) in [6, 6.07) is 14.9. The maximum absolute atomic E-state index is 3.10. The van der Waals surface area contributed by atoms with Crippen LogP contribution in [0.15, 0.2) is 54.7 Å². The first-order valence-corrected chi connectivity index (χ1v) is 6.82. The molecule has 2 heteroatoms. The van der Waals surface area contributed by atoms with Crippen LogP contribution in [0.4, 0.5) is 5.69 Å². The van der Waals surface area contributed by atoms with E-state index in [9.17, 15) is 0 Å². The topological polar surface area (TPSA) is 15.3 Å². The van der Waals surface area contributed by atoms with E-state index in [2.05, 4.69) is 72.9 Å². The van der Waals surface area contributed by atoms with Gasteiger partial charge in [0.25, 0.3) is 0 Å². The van der Waals surface area contributed by atoms with Crippen molar-refractivity contribution in [2.75, 3.05) is 25.5 Å². The van der Waals surface area contributed by atoms with Gasteiger partial charge in [0.1, 0.15) is 0 Å². The van der Waals surface area contributed by atoms with Crippen LogP contribution in [0.5, 0.6) is 0 Å². The number of anilines is 1. The van der Waals surface area contributed by atoms with E-state index in [1.54, 1.807) is 0 Å². The van der Waals surface area contributed by atoms with Crippen LogP contribution in [0, 0.1) is 0 Å². The standard InChI is InChI=1S/C12H13N.C5H9N/c1-13(2)12-8-7-10-5-3-4-6-11(10)9-12;1-2-4-6-5-3-1/h3-9H,1-2H3;2,4,6H,1,3,5H2. The Labute approximate surface area is 115 Å². The van der Waals surface area contributed by atoms with Gasteiger partial charge in [-0.15, -0.1) is 0 Å². The third kappa shape index (κ3) is 4.02. The molecular formula is C17H22N2. The van der Waals surface area contributed by atoms with Gasteiger partial charge < -0.3 is 10.2 Å². The lowest BCUT2D eigenvalue weighted by atomic mass is 10.1. The summed E-state index contributed by atoms with van der Waals surface area (Å²) in [6.45, 7) is 1.16. The van der Waals surface area contributed by atoms with Crippen molar-refractivity contribution in [1.29, 1.82) is 0 Å². The fourth-order valence-corrected chi connectivity index (χ4v) is 2.03. The number of rotatable bonds is 1. The maximum atomic E-state index is 3.10. The van der Waals surface area contributed by atoms with Gasteiger partial charge in [-0.25, -0.2) is 0 Å². The molecule has 100 valence electrons. The molecule has 0 unspecified atom stereocenters. The van der Waals surface area contributed by atoms with E-state index in [-0.39, 0.29) is 0 Å². The van der Waals surface area contributed by atoms with E-state index in [0.29, 0.717) is 0 Å². The van der Waals surface area contributed by atoms with Crippen molar-refractivity contribution < 1.29 is 0 Å². The van der Waals surface area contributed by atoms with Crippen molar-refractivity contribution in [2.45, 2.75) is 12.8 Å². The number of hydrogen-bond donors (Lipinski definition) is 1. The summed E-state index contributed by atoms with van der Waals surface area (Å²) >= 11 is 0. The summed E-state index contributed by atoms with van der Waals surface area (Å²) in [4.78, 5) is 2.12. The molecule has 3 rings (SSSR count). The highest BCUT2D eigenvalue weighted by molar-refractivity contribution is 5.85. The molecule has 0 saturated carbocycles. The lowest BCUT2D eigenvalue weighted by Gasteiger charge is -2.12. The molecule has 0 amide bonds. The average Bonchev–Trinajstić information content (AvgIpc) is 2.49. The van der Waals surface area contributed by atoms with E-state index in [0.717, 1.165) is 6.54 Å². The van der Waals surface area contributed by atoms with Gasteiger partial charge in [0.05, 0.1) is 0 Å². The SMILES string of the molecule is C1=CNCCC1.CN(C)c1ccc2ccccc2c1. The Bertz CT molecular complexity index is 536. The predicted molar refractivity (Wildman–Crippen MR) is 84.7 cm³/mol. The van der Waals surface area contributed by atoms with E-state index in [1.165, 1.54) is 29.3 Å². The van der Waals surface area contributed by atoms with Crippen LogP contribution in [-0.4, -0.2) is 20.6 Å². The molecule has 0 saturated heterocycles. The van der Waals surface area contributed by atoms with Gasteiger partial charge in [-0.1, -0.05) is 36.4 Å². The highest BCUT2D eigenvalue weighted by Crippen LogP contribution is 2.20. The molecule has 2 nitrogen and oxygen atoms in total. The lowest BCUT2D eigenvalue weighted by Crippen LogP contribution is -2.09. The molecule has 19 heavy (non-hydrogen) atoms. The van der Waals surface area contributed by atoms with Crippen LogP contribution in [0.3, 0.4) is 0 Å². The van der Waals surface area contributed by atoms with E-state index < -0.39 is 0 Å². The monoisotopic (exact) mass is 254 g/mol. The first kappa shape index (κ1) is 13.5. The number of hydrogen-bond acceptors (Lipinski definition) is 2. The highest BCUT2D eigenvalue weighted by Gasteiger charge is 1.96. The fraction of sp³-hybridized carbons (Fsp3) is 0.294. The zero-order chi connectivity index (χ0) is 13.5. The van der Waals surface area contributed by atoms with Crippen LogP contribution in [-0.2, 0) is 0 Å². The minimum absolute atomic E-state index is 1.16. The molecule has 1 heterocycles. The van der Waals surface area contributed by atoms with Gasteiger partial charge in [0.15, 0.2) is 0 Å². The molecule has 2 aromatic carbocycles. The van der Waals surface area contributed by atoms with Crippen LogP contribution < -0.4 is 10.2 Å². The second-order valence-electron chi connectivity index (χ2n) is 4.92. The van der Waals surface area contributed by atoms with E-state index in [1.807, 2.05) is 6.20 Å². The Balaban J connectivity index is 0.000000186. The predicted octanol–water partition coefficient (Wildman–Crippen LogP) is 3.79. The molecule has 1 aliphatic rings. The molecule has 0 fully saturated rings. The first-order valence-electron chi connectivity index (χ1n) is 6.82. The zero-order valence-electron chi connectivity index (χ0n) is 11.8. The Morgan fingerprint density at radius 3 is 2.32 bits per heavy atom. The summed E-state index contributed by atoms with van der Waals surface area (Å²) in [5.74, 6) is 0. The molecule has 0 spiro atoms. The summed E-state index contributed by atoms with van der Waals surface area (Å²) in [5.41, 5.74) is 1.25. The number of nitrogens with zero attached hydrogens (tertiary/aromatic N) is 1. The van der Waals surface area contributed by atoms with Crippen molar-refractivity contribution in [3.8, 4) is 0 Å². The average molecular weight is 254 g/mol. The van der Waals surface area contributed by atoms with Crippen molar-refractivity contribution in [1.82, 2.24) is 5.32 Å². The molecule has 1 aliphatic heterocycles. The summed E-state index contributed by atoms with van der Waals surface area (Å²) in [5, 5.41) is 5.70. The van der Waals surface area contributed by atoms with E-state index >= 15 is 0 Å². The molecule has 0 bridgehead atoms. The van der Waals surface area contributed by atoms with Crippen LogP contribution in [0.2, 0.25) is 0 Å². The third-order valence-corrected chi connectivity index (χ3v) is 3.18. The molecule has 0 aromatic heterocycles. The second kappa shape index (κ2) is 6.83. The molecule has 0 aliphatic carbocycles. The van der Waals surface area contributed by atoms with Crippen LogP contribution >= 0.6 is 0 Å². The van der Waals surface area contributed by atoms with Gasteiger partial charge in [0.2, 0.25) is 0 Å². The van der Waals surface area contributed by atoms with Gasteiger partial charge >= 0.3 is 0 Å². The smallest absolute Gasteiger partial charge is 0.0367 e. The number of benzene rings is 2. The molecular weight excluding hydrogens is 232 g/mol. The maximum Gasteiger partial charge on any atom is 0.0367 e. The summed E-state index contributed by atoms with van der Waals surface area (Å²) in [6.07, 6.45) is 6.73. The van der Waals surface area contributed by atoms with Crippen LogP contribution in [0.1, 0.15) is 12.8 Å². The molecule has 1 N–H and O–H groups in total. The Morgan fingerprint density at radius 2 is 1.79 bits per heavy atom. The van der Waals surface area contributed by atoms with Crippen LogP contribution in [0.25, 0.3) is 10.8 Å². The first-order chi connectivity index (χ1) is 9.27. The van der Waals surface area contributed by atoms with Crippen molar-refractivity contribution in [2.24, 2.45) is 0 Å². The Morgan fingerprint density at radius 1 is 1.00 bits per heavy atom. The van der Waals surface area contributed by atoms with Crippen molar-refractivity contribution >= 4 is 16.5 Å². The minimum Gasteiger partial charge on any atom is -0.391 e. The van der Waals surface area contributed by atoms with Gasteiger partial charge in [-0.3, -0.25) is 0 Å². The second-order valence-corrected chi connectivity index (χ2v) is 4.92. The molecule has 0 atom stereocenters. The lowest BCUT2D eigenvalue weighted by molar-refractivity contribution is 0.728. The van der Waals surface area contributed by atoms with Gasteiger partial charge in [-0.2, -0.15) is 0 Å². The zero-order valence-corrected chi connectivity index (χ0v) is 11.8. The minimum atomic E-state index is 1.16. The fourth-order valence-electron chi connectivity index (χ4n) is 2.03. The van der Waals surface area contributed by atoms with Gasteiger partial charge in [0, 0.05) is 26.3 Å². The summed E-state index contributed by atoms with van der Waals surface area (Å²) < 4.78 is 0. The largest absolute Gasteiger partial charge is 0.391 e. The van der Waals surface area contributed by atoms with E-state index in [4.69, 9.17) is 0 Å². The number of nitrogens with one attached hydrogen (secondary N) is 1. The molecule has 0 radical (unpaired) electrons. The Hall–Kier alpha value is -1.96. The Kier molecular flexibility index (Phi) is 4.85. The summed E-state index contributed by atoms with van der Waals surface area (Å²) in [7, 11) is 4.12. The third-order valence-electron chi connectivity index (χ3n) is 3.18. The highest BCUT2D eigenvalue weighted by atomic mass is 15.1. The van der Waals surface area contributed by atoms with Crippen molar-refractivity contribution in [3.63, 3.8) is 0 Å². The normalized spacial score (nSPS) is 13.4. The van der Waals surface area contributed by atoms with Crippen molar-refractivity contribution in [3.05, 3.63) is 54.7 Å². The molecule has 2 aromatic rings. The number of allylic oxidation sites excluding steroid dienone is 1.